The molecule has 0 radical (unpaired) electrons. The van der Waals surface area contributed by atoms with E-state index in [-0.39, 0.29) is 30.5 Å². The van der Waals surface area contributed by atoms with Gasteiger partial charge in [-0.25, -0.2) is 0 Å². The highest BCUT2D eigenvalue weighted by molar-refractivity contribution is 14.0. The average molecular weight is 459 g/mol. The smallest absolute Gasteiger partial charge is 0.390 e. The number of hydrogen-bond acceptors (Lipinski definition) is 2. The molecular weight excluding hydrogens is 434 g/mol. The van der Waals surface area contributed by atoms with Crippen LogP contribution in [0.5, 0.6) is 5.75 Å². The number of rotatable bonds is 7. The lowest BCUT2D eigenvalue weighted by molar-refractivity contribution is -0.132. The lowest BCUT2D eigenvalue weighted by atomic mass is 10.1. The van der Waals surface area contributed by atoms with Gasteiger partial charge in [0.05, 0.1) is 19.5 Å². The van der Waals surface area contributed by atoms with Crippen molar-refractivity contribution in [1.82, 2.24) is 10.6 Å². The summed E-state index contributed by atoms with van der Waals surface area (Å²) in [6.45, 7) is 6.97. The van der Waals surface area contributed by atoms with Crippen molar-refractivity contribution in [3.8, 4) is 5.75 Å². The van der Waals surface area contributed by atoms with Gasteiger partial charge in [0.2, 0.25) is 0 Å². The van der Waals surface area contributed by atoms with Crippen molar-refractivity contribution in [3.05, 3.63) is 29.3 Å². The van der Waals surface area contributed by atoms with Gasteiger partial charge in [-0.1, -0.05) is 6.07 Å². The van der Waals surface area contributed by atoms with E-state index in [0.717, 1.165) is 16.9 Å². The molecule has 1 aromatic rings. The Morgan fingerprint density at radius 3 is 2.29 bits per heavy atom. The predicted molar refractivity (Wildman–Crippen MR) is 101 cm³/mol. The molecule has 0 aromatic heterocycles. The van der Waals surface area contributed by atoms with Crippen LogP contribution < -0.4 is 15.4 Å². The van der Waals surface area contributed by atoms with Crippen LogP contribution in [0.15, 0.2) is 23.2 Å². The first-order chi connectivity index (χ1) is 10.8. The summed E-state index contributed by atoms with van der Waals surface area (Å²) in [7, 11) is 0. The monoisotopic (exact) mass is 459 g/mol. The maximum absolute atomic E-state index is 12.1. The topological polar surface area (TPSA) is 45.7 Å². The first-order valence-electron chi connectivity index (χ1n) is 7.60. The number of nitrogens with zero attached hydrogens (tertiary/aromatic N) is 1. The summed E-state index contributed by atoms with van der Waals surface area (Å²) in [5.41, 5.74) is 2.24. The summed E-state index contributed by atoms with van der Waals surface area (Å²) in [6.07, 6.45) is -5.12. The fourth-order valence-corrected chi connectivity index (χ4v) is 1.99. The number of benzene rings is 1. The van der Waals surface area contributed by atoms with Crippen molar-refractivity contribution in [2.45, 2.75) is 33.4 Å². The van der Waals surface area contributed by atoms with Crippen molar-refractivity contribution in [2.75, 3.05) is 26.2 Å². The first kappa shape index (κ1) is 22.8. The van der Waals surface area contributed by atoms with Gasteiger partial charge in [-0.15, -0.1) is 24.0 Å². The summed E-state index contributed by atoms with van der Waals surface area (Å²) in [5, 5.41) is 5.85. The SMILES string of the molecule is CCNC(=NCCC(F)(F)F)NCCOc1cc(C)cc(C)c1.I. The van der Waals surface area contributed by atoms with Crippen molar-refractivity contribution < 1.29 is 17.9 Å². The summed E-state index contributed by atoms with van der Waals surface area (Å²) in [6, 6.07) is 5.94. The van der Waals surface area contributed by atoms with E-state index >= 15 is 0 Å². The Labute approximate surface area is 158 Å². The molecule has 0 saturated heterocycles. The molecule has 0 saturated carbocycles. The van der Waals surface area contributed by atoms with Crippen LogP contribution in [0.2, 0.25) is 0 Å². The normalized spacial score (nSPS) is 11.7. The minimum atomic E-state index is -4.19. The summed E-state index contributed by atoms with van der Waals surface area (Å²) in [4.78, 5) is 3.89. The molecule has 1 rings (SSSR count). The van der Waals surface area contributed by atoms with E-state index in [2.05, 4.69) is 21.7 Å². The average Bonchev–Trinajstić information content (AvgIpc) is 2.41. The number of halogens is 4. The van der Waals surface area contributed by atoms with E-state index in [1.807, 2.05) is 32.9 Å². The Morgan fingerprint density at radius 1 is 1.12 bits per heavy atom. The molecule has 0 atom stereocenters. The molecule has 0 unspecified atom stereocenters. The Hall–Kier alpha value is -1.19. The molecule has 0 aliphatic heterocycles. The van der Waals surface area contributed by atoms with E-state index in [4.69, 9.17) is 4.74 Å². The van der Waals surface area contributed by atoms with Crippen LogP contribution in [0.4, 0.5) is 13.2 Å². The largest absolute Gasteiger partial charge is 0.492 e. The quantitative estimate of drug-likeness (QED) is 0.282. The van der Waals surface area contributed by atoms with Crippen LogP contribution in [0, 0.1) is 13.8 Å². The number of hydrogen-bond donors (Lipinski definition) is 2. The second kappa shape index (κ2) is 11.4. The molecule has 1 aromatic carbocycles. The second-order valence-electron chi connectivity index (χ2n) is 5.22. The fraction of sp³-hybridized carbons (Fsp3) is 0.562. The standard InChI is InChI=1S/C16H24F3N3O.HI/c1-4-20-15(21-6-5-16(17,18)19)22-7-8-23-14-10-12(2)9-13(3)11-14;/h9-11H,4-8H2,1-3H3,(H2,20,21,22);1H. The minimum absolute atomic E-state index is 0. The molecule has 2 N–H and O–H groups in total. The van der Waals surface area contributed by atoms with Crippen LogP contribution >= 0.6 is 24.0 Å². The van der Waals surface area contributed by atoms with Gasteiger partial charge in [0.25, 0.3) is 0 Å². The molecule has 0 aliphatic rings. The number of ether oxygens (including phenoxy) is 1. The van der Waals surface area contributed by atoms with Crippen LogP contribution in [-0.2, 0) is 0 Å². The molecule has 0 fully saturated rings. The molecule has 8 heteroatoms. The van der Waals surface area contributed by atoms with E-state index in [1.165, 1.54) is 0 Å². The Balaban J connectivity index is 0.00000529. The fourth-order valence-electron chi connectivity index (χ4n) is 1.99. The zero-order chi connectivity index (χ0) is 17.3. The molecule has 4 nitrogen and oxygen atoms in total. The third kappa shape index (κ3) is 10.6. The Kier molecular flexibility index (Phi) is 10.8. The molecular formula is C16H25F3IN3O. The van der Waals surface area contributed by atoms with Crippen molar-refractivity contribution in [3.63, 3.8) is 0 Å². The van der Waals surface area contributed by atoms with Gasteiger partial charge < -0.3 is 15.4 Å². The Morgan fingerprint density at radius 2 is 1.75 bits per heavy atom. The van der Waals surface area contributed by atoms with Gasteiger partial charge in [0, 0.05) is 6.54 Å². The molecule has 138 valence electrons. The highest BCUT2D eigenvalue weighted by Gasteiger charge is 2.26. The molecule has 0 bridgehead atoms. The maximum atomic E-state index is 12.1. The summed E-state index contributed by atoms with van der Waals surface area (Å²) in [5.74, 6) is 1.14. The van der Waals surface area contributed by atoms with Gasteiger partial charge >= 0.3 is 6.18 Å². The Bertz CT molecular complexity index is 502. The second-order valence-corrected chi connectivity index (χ2v) is 5.22. The van der Waals surface area contributed by atoms with Crippen LogP contribution in [0.25, 0.3) is 0 Å². The van der Waals surface area contributed by atoms with E-state index in [9.17, 15) is 13.2 Å². The predicted octanol–water partition coefficient (Wildman–Crippen LogP) is 3.81. The van der Waals surface area contributed by atoms with Crippen molar-refractivity contribution in [1.29, 1.82) is 0 Å². The number of aliphatic imine (C=N–C) groups is 1. The van der Waals surface area contributed by atoms with Crippen LogP contribution in [0.1, 0.15) is 24.5 Å². The highest BCUT2D eigenvalue weighted by Crippen LogP contribution is 2.19. The van der Waals surface area contributed by atoms with Crippen molar-refractivity contribution >= 4 is 29.9 Å². The third-order valence-corrected chi connectivity index (χ3v) is 2.87. The number of aryl methyl sites for hydroxylation is 2. The highest BCUT2D eigenvalue weighted by atomic mass is 127. The van der Waals surface area contributed by atoms with Crippen LogP contribution in [0.3, 0.4) is 0 Å². The molecule has 0 aliphatic carbocycles. The minimum Gasteiger partial charge on any atom is -0.492 e. The molecule has 0 amide bonds. The number of guanidine groups is 1. The van der Waals surface area contributed by atoms with E-state index in [1.54, 1.807) is 0 Å². The van der Waals surface area contributed by atoms with Crippen molar-refractivity contribution in [2.24, 2.45) is 4.99 Å². The zero-order valence-electron chi connectivity index (χ0n) is 14.2. The number of nitrogens with one attached hydrogen (secondary N) is 2. The van der Waals surface area contributed by atoms with Gasteiger partial charge in [-0.2, -0.15) is 13.2 Å². The van der Waals surface area contributed by atoms with Gasteiger partial charge in [-0.05, 0) is 44.0 Å². The van der Waals surface area contributed by atoms with E-state index < -0.39 is 12.6 Å². The van der Waals surface area contributed by atoms with Gasteiger partial charge in [-0.3, -0.25) is 4.99 Å². The zero-order valence-corrected chi connectivity index (χ0v) is 16.5. The molecule has 24 heavy (non-hydrogen) atoms. The van der Waals surface area contributed by atoms with E-state index in [0.29, 0.717) is 25.7 Å². The maximum Gasteiger partial charge on any atom is 0.390 e. The van der Waals surface area contributed by atoms with Gasteiger partial charge in [0.15, 0.2) is 5.96 Å². The molecule has 0 spiro atoms. The first-order valence-corrected chi connectivity index (χ1v) is 7.60. The lowest BCUT2D eigenvalue weighted by Crippen LogP contribution is -2.39. The summed E-state index contributed by atoms with van der Waals surface area (Å²) < 4.78 is 42.0. The molecule has 0 heterocycles. The van der Waals surface area contributed by atoms with Crippen LogP contribution in [-0.4, -0.2) is 38.4 Å². The third-order valence-electron chi connectivity index (χ3n) is 2.87. The van der Waals surface area contributed by atoms with Gasteiger partial charge in [0.1, 0.15) is 12.4 Å². The number of alkyl halides is 3. The summed E-state index contributed by atoms with van der Waals surface area (Å²) >= 11 is 0. The lowest BCUT2D eigenvalue weighted by Gasteiger charge is -2.13.